The van der Waals surface area contributed by atoms with Crippen molar-refractivity contribution in [2.75, 3.05) is 26.2 Å². The molecule has 40 heavy (non-hydrogen) atoms. The van der Waals surface area contributed by atoms with Gasteiger partial charge in [0.2, 0.25) is 5.91 Å². The molecular weight excluding hydrogens is 504 g/mol. The summed E-state index contributed by atoms with van der Waals surface area (Å²) in [5.74, 6) is 3.67. The standard InChI is InChI=1S/C31H48N6O3/c1-20(5-10-27(39)36-15-17-37(18-16-36)29(40)28-32-34-35(4)33-28)24-8-9-25-23-7-6-21-19-22(38)11-13-30(21,2)26(23)12-14-31(24,25)3/h6,20,22-26,38H,5,7-19H2,1-4H3/t20-,22+,23+,24-,25+,26+,30+,31-/m1/s1. The van der Waals surface area contributed by atoms with Crippen LogP contribution in [0.3, 0.4) is 0 Å². The zero-order valence-corrected chi connectivity index (χ0v) is 24.9. The molecule has 2 amide bonds. The number of aliphatic hydroxyl groups is 1. The van der Waals surface area contributed by atoms with Crippen molar-refractivity contribution in [3.05, 3.63) is 17.5 Å². The van der Waals surface area contributed by atoms with Gasteiger partial charge in [0.1, 0.15) is 0 Å². The number of piperazine rings is 1. The van der Waals surface area contributed by atoms with E-state index in [1.54, 1.807) is 17.5 Å². The summed E-state index contributed by atoms with van der Waals surface area (Å²) in [5, 5.41) is 21.9. The van der Waals surface area contributed by atoms with Gasteiger partial charge in [-0.3, -0.25) is 9.59 Å². The van der Waals surface area contributed by atoms with Crippen molar-refractivity contribution in [1.29, 1.82) is 0 Å². The lowest BCUT2D eigenvalue weighted by atomic mass is 9.47. The summed E-state index contributed by atoms with van der Waals surface area (Å²) in [4.78, 5) is 30.7. The van der Waals surface area contributed by atoms with E-state index in [1.807, 2.05) is 4.90 Å². The molecule has 9 nitrogen and oxygen atoms in total. The normalized spacial score (nSPS) is 38.2. The molecule has 220 valence electrons. The third-order valence-electron chi connectivity index (χ3n) is 12.3. The summed E-state index contributed by atoms with van der Waals surface area (Å²) in [6.07, 6.45) is 13.4. The molecule has 5 aliphatic rings. The van der Waals surface area contributed by atoms with Crippen LogP contribution in [0.4, 0.5) is 0 Å². The van der Waals surface area contributed by atoms with Crippen LogP contribution in [-0.4, -0.2) is 79.2 Å². The van der Waals surface area contributed by atoms with Gasteiger partial charge in [-0.15, -0.1) is 10.2 Å². The van der Waals surface area contributed by atoms with Crippen LogP contribution < -0.4 is 0 Å². The predicted octanol–water partition coefficient (Wildman–Crippen LogP) is 3.85. The van der Waals surface area contributed by atoms with Crippen molar-refractivity contribution < 1.29 is 14.7 Å². The largest absolute Gasteiger partial charge is 0.393 e. The highest BCUT2D eigenvalue weighted by atomic mass is 16.3. The molecule has 0 unspecified atom stereocenters. The van der Waals surface area contributed by atoms with Crippen LogP contribution in [0.25, 0.3) is 0 Å². The number of aromatic nitrogens is 4. The first kappa shape index (κ1) is 27.9. The lowest BCUT2D eigenvalue weighted by Gasteiger charge is -2.58. The lowest BCUT2D eigenvalue weighted by Crippen LogP contribution is -2.51. The highest BCUT2D eigenvalue weighted by molar-refractivity contribution is 5.90. The second-order valence-corrected chi connectivity index (χ2v) is 14.2. The first-order valence-corrected chi connectivity index (χ1v) is 15.8. The minimum Gasteiger partial charge on any atom is -0.393 e. The van der Waals surface area contributed by atoms with Crippen LogP contribution in [0.1, 0.15) is 95.6 Å². The topological polar surface area (TPSA) is 104 Å². The van der Waals surface area contributed by atoms with Crippen molar-refractivity contribution in [3.63, 3.8) is 0 Å². The fourth-order valence-electron chi connectivity index (χ4n) is 10.00. The zero-order chi connectivity index (χ0) is 28.2. The van der Waals surface area contributed by atoms with E-state index in [-0.39, 0.29) is 23.7 Å². The maximum Gasteiger partial charge on any atom is 0.295 e. The summed E-state index contributed by atoms with van der Waals surface area (Å²) < 4.78 is 0. The lowest BCUT2D eigenvalue weighted by molar-refractivity contribution is -0.133. The highest BCUT2D eigenvalue weighted by Crippen LogP contribution is 2.67. The quantitative estimate of drug-likeness (QED) is 0.557. The van der Waals surface area contributed by atoms with E-state index >= 15 is 0 Å². The highest BCUT2D eigenvalue weighted by Gasteiger charge is 2.59. The van der Waals surface area contributed by atoms with Crippen molar-refractivity contribution in [2.45, 2.75) is 91.1 Å². The number of amides is 2. The van der Waals surface area contributed by atoms with Crippen LogP contribution >= 0.6 is 0 Å². The molecule has 1 saturated heterocycles. The van der Waals surface area contributed by atoms with Gasteiger partial charge in [-0.05, 0) is 103 Å². The summed E-state index contributed by atoms with van der Waals surface area (Å²) in [7, 11) is 1.64. The van der Waals surface area contributed by atoms with Crippen LogP contribution in [0.2, 0.25) is 0 Å². The third-order valence-corrected chi connectivity index (χ3v) is 12.3. The number of tetrazole rings is 1. The maximum atomic E-state index is 13.2. The van der Waals surface area contributed by atoms with E-state index in [4.69, 9.17) is 0 Å². The molecule has 9 heteroatoms. The molecule has 1 aromatic heterocycles. The van der Waals surface area contributed by atoms with Gasteiger partial charge in [0.15, 0.2) is 0 Å². The van der Waals surface area contributed by atoms with E-state index < -0.39 is 0 Å². The monoisotopic (exact) mass is 552 g/mol. The van der Waals surface area contributed by atoms with E-state index in [0.717, 1.165) is 43.4 Å². The van der Waals surface area contributed by atoms with Gasteiger partial charge in [-0.2, -0.15) is 4.80 Å². The maximum absolute atomic E-state index is 13.2. The Bertz CT molecular complexity index is 1160. The number of fused-ring (bicyclic) bond motifs is 5. The summed E-state index contributed by atoms with van der Waals surface area (Å²) in [6.45, 7) is 9.64. The zero-order valence-electron chi connectivity index (χ0n) is 24.9. The Labute approximate surface area is 238 Å². The Kier molecular flexibility index (Phi) is 7.33. The van der Waals surface area contributed by atoms with Crippen molar-refractivity contribution in [3.8, 4) is 0 Å². The number of hydrogen-bond acceptors (Lipinski definition) is 6. The summed E-state index contributed by atoms with van der Waals surface area (Å²) in [5.41, 5.74) is 2.21. The fraction of sp³-hybridized carbons (Fsp3) is 0.839. The SMILES string of the molecule is C[C@H](CCC(=O)N1CCN(C(=O)c2nnn(C)n2)CC1)[C@H]1CC[C@H]2[C@@H]3CC=C4C[C@@H](O)CC[C@]4(C)[C@H]3CC[C@]12C. The number of hydrogen-bond donors (Lipinski definition) is 1. The van der Waals surface area contributed by atoms with E-state index in [2.05, 4.69) is 42.3 Å². The van der Waals surface area contributed by atoms with Gasteiger partial charge < -0.3 is 14.9 Å². The molecule has 0 aromatic carbocycles. The van der Waals surface area contributed by atoms with Gasteiger partial charge >= 0.3 is 0 Å². The molecule has 0 spiro atoms. The molecule has 8 atom stereocenters. The number of rotatable bonds is 5. The van der Waals surface area contributed by atoms with Crippen LogP contribution in [0, 0.1) is 40.4 Å². The Morgan fingerprint density at radius 3 is 2.52 bits per heavy atom. The number of carbonyl (C=O) groups excluding carboxylic acids is 2. The number of nitrogens with zero attached hydrogens (tertiary/aromatic N) is 6. The fourth-order valence-corrected chi connectivity index (χ4v) is 10.00. The van der Waals surface area contributed by atoms with Crippen LogP contribution in [0.5, 0.6) is 0 Å². The first-order chi connectivity index (χ1) is 19.1. The molecule has 3 saturated carbocycles. The number of aryl methyl sites for hydroxylation is 1. The summed E-state index contributed by atoms with van der Waals surface area (Å²) >= 11 is 0. The Balaban J connectivity index is 1.02. The van der Waals surface area contributed by atoms with Gasteiger partial charge in [-0.25, -0.2) is 0 Å². The van der Waals surface area contributed by atoms with Crippen molar-refractivity contribution in [1.82, 2.24) is 30.0 Å². The van der Waals surface area contributed by atoms with E-state index in [1.165, 1.54) is 36.9 Å². The van der Waals surface area contributed by atoms with Gasteiger partial charge in [0, 0.05) is 32.6 Å². The Hall–Kier alpha value is -2.29. The molecule has 1 N–H and O–H groups in total. The van der Waals surface area contributed by atoms with E-state index in [9.17, 15) is 14.7 Å². The molecule has 1 aliphatic heterocycles. The molecule has 0 bridgehead atoms. The molecule has 2 heterocycles. The average Bonchev–Trinajstić information content (AvgIpc) is 3.54. The Morgan fingerprint density at radius 1 is 1.05 bits per heavy atom. The number of allylic oxidation sites excluding steroid dienone is 1. The van der Waals surface area contributed by atoms with Gasteiger partial charge in [0.25, 0.3) is 11.7 Å². The summed E-state index contributed by atoms with van der Waals surface area (Å²) in [6, 6.07) is 0. The molecular formula is C31H48N6O3. The molecule has 4 fully saturated rings. The second-order valence-electron chi connectivity index (χ2n) is 14.2. The molecule has 6 rings (SSSR count). The van der Waals surface area contributed by atoms with E-state index in [0.29, 0.717) is 55.3 Å². The molecule has 0 radical (unpaired) electrons. The van der Waals surface area contributed by atoms with Gasteiger partial charge in [0.05, 0.1) is 13.2 Å². The van der Waals surface area contributed by atoms with Crippen LogP contribution in [-0.2, 0) is 11.8 Å². The van der Waals surface area contributed by atoms with Gasteiger partial charge in [-0.1, -0.05) is 32.4 Å². The van der Waals surface area contributed by atoms with Crippen molar-refractivity contribution >= 4 is 11.8 Å². The first-order valence-electron chi connectivity index (χ1n) is 15.8. The smallest absolute Gasteiger partial charge is 0.295 e. The van der Waals surface area contributed by atoms with Crippen molar-refractivity contribution in [2.24, 2.45) is 47.5 Å². The number of carbonyl (C=O) groups is 2. The molecule has 4 aliphatic carbocycles. The minimum absolute atomic E-state index is 0.116. The third kappa shape index (κ3) is 4.70. The predicted molar refractivity (Wildman–Crippen MR) is 151 cm³/mol. The minimum atomic E-state index is -0.215. The number of aliphatic hydroxyl groups excluding tert-OH is 1. The average molecular weight is 553 g/mol. The van der Waals surface area contributed by atoms with Crippen LogP contribution in [0.15, 0.2) is 11.6 Å². The second kappa shape index (κ2) is 10.5. The molecule has 1 aromatic rings. The Morgan fingerprint density at radius 2 is 1.80 bits per heavy atom.